The fourth-order valence-corrected chi connectivity index (χ4v) is 3.63. The Morgan fingerprint density at radius 1 is 1.10 bits per heavy atom. The van der Waals surface area contributed by atoms with E-state index in [1.807, 2.05) is 12.1 Å². The topological polar surface area (TPSA) is 21.3 Å². The van der Waals surface area contributed by atoms with Gasteiger partial charge in [0.15, 0.2) is 0 Å². The zero-order valence-electron chi connectivity index (χ0n) is 11.8. The fraction of sp³-hybridized carbons (Fsp3) is 0.333. The zero-order valence-corrected chi connectivity index (χ0v) is 11.8. The van der Waals surface area contributed by atoms with Crippen molar-refractivity contribution in [1.82, 2.24) is 0 Å². The van der Waals surface area contributed by atoms with E-state index in [0.717, 1.165) is 30.7 Å². The zero-order chi connectivity index (χ0) is 14.2. The molecule has 2 aromatic rings. The van der Waals surface area contributed by atoms with Crippen LogP contribution in [0.15, 0.2) is 48.5 Å². The molecule has 3 atom stereocenters. The molecule has 0 amide bonds. The van der Waals surface area contributed by atoms with Gasteiger partial charge < -0.3 is 10.1 Å². The van der Waals surface area contributed by atoms with Crippen molar-refractivity contribution in [3.63, 3.8) is 0 Å². The van der Waals surface area contributed by atoms with Gasteiger partial charge in [0.1, 0.15) is 5.82 Å². The van der Waals surface area contributed by atoms with E-state index in [0.29, 0.717) is 5.92 Å². The first-order valence-corrected chi connectivity index (χ1v) is 7.55. The lowest BCUT2D eigenvalue weighted by atomic mass is 9.77. The highest BCUT2D eigenvalue weighted by Gasteiger charge is 2.39. The molecule has 2 aliphatic heterocycles. The van der Waals surface area contributed by atoms with Crippen molar-refractivity contribution in [3.05, 3.63) is 65.5 Å². The van der Waals surface area contributed by atoms with E-state index in [9.17, 15) is 4.39 Å². The first-order valence-electron chi connectivity index (χ1n) is 7.55. The minimum Gasteiger partial charge on any atom is -0.378 e. The SMILES string of the molecule is Fc1ccc2c(c1)C1OCCCC1[C@H](c1ccccc1)N2. The number of fused-ring (bicyclic) bond motifs is 3. The molecule has 4 rings (SSSR count). The highest BCUT2D eigenvalue weighted by Crippen LogP contribution is 2.49. The second kappa shape index (κ2) is 5.15. The molecule has 2 aliphatic rings. The number of anilines is 1. The van der Waals surface area contributed by atoms with Crippen LogP contribution in [0.2, 0.25) is 0 Å². The van der Waals surface area contributed by atoms with E-state index in [1.165, 1.54) is 11.6 Å². The third-order valence-electron chi connectivity index (χ3n) is 4.59. The predicted octanol–water partition coefficient (Wildman–Crippen LogP) is 4.46. The summed E-state index contributed by atoms with van der Waals surface area (Å²) in [4.78, 5) is 0. The number of halogens is 1. The van der Waals surface area contributed by atoms with Crippen molar-refractivity contribution in [2.24, 2.45) is 5.92 Å². The molecule has 2 heterocycles. The molecule has 0 aromatic heterocycles. The number of benzene rings is 2. The van der Waals surface area contributed by atoms with Crippen LogP contribution in [0.5, 0.6) is 0 Å². The maximum atomic E-state index is 13.6. The van der Waals surface area contributed by atoms with Crippen LogP contribution in [0, 0.1) is 11.7 Å². The van der Waals surface area contributed by atoms with E-state index in [-0.39, 0.29) is 18.0 Å². The molecule has 2 nitrogen and oxygen atoms in total. The molecule has 1 N–H and O–H groups in total. The molecule has 2 unspecified atom stereocenters. The van der Waals surface area contributed by atoms with Gasteiger partial charge in [0.2, 0.25) is 0 Å². The molecule has 1 saturated heterocycles. The van der Waals surface area contributed by atoms with Crippen molar-refractivity contribution in [3.8, 4) is 0 Å². The summed E-state index contributed by atoms with van der Waals surface area (Å²) >= 11 is 0. The number of hydrogen-bond donors (Lipinski definition) is 1. The van der Waals surface area contributed by atoms with E-state index in [4.69, 9.17) is 4.74 Å². The summed E-state index contributed by atoms with van der Waals surface area (Å²) < 4.78 is 19.6. The second-order valence-corrected chi connectivity index (χ2v) is 5.86. The van der Waals surface area contributed by atoms with Crippen molar-refractivity contribution in [2.75, 3.05) is 11.9 Å². The van der Waals surface area contributed by atoms with Gasteiger partial charge in [-0.3, -0.25) is 0 Å². The largest absolute Gasteiger partial charge is 0.378 e. The summed E-state index contributed by atoms with van der Waals surface area (Å²) in [7, 11) is 0. The Bertz CT molecular complexity index is 643. The molecule has 108 valence electrons. The molecule has 0 spiro atoms. The van der Waals surface area contributed by atoms with Crippen LogP contribution in [-0.4, -0.2) is 6.61 Å². The van der Waals surface area contributed by atoms with Crippen molar-refractivity contribution >= 4 is 5.69 Å². The Hall–Kier alpha value is -1.87. The Balaban J connectivity index is 1.79. The number of nitrogens with one attached hydrogen (secondary N) is 1. The van der Waals surface area contributed by atoms with Gasteiger partial charge in [-0.1, -0.05) is 30.3 Å². The molecule has 21 heavy (non-hydrogen) atoms. The fourth-order valence-electron chi connectivity index (χ4n) is 3.63. The van der Waals surface area contributed by atoms with E-state index >= 15 is 0 Å². The van der Waals surface area contributed by atoms with E-state index in [2.05, 4.69) is 29.6 Å². The van der Waals surface area contributed by atoms with Gasteiger partial charge in [0.25, 0.3) is 0 Å². The quantitative estimate of drug-likeness (QED) is 0.834. The van der Waals surface area contributed by atoms with Gasteiger partial charge in [0, 0.05) is 23.8 Å². The van der Waals surface area contributed by atoms with Crippen molar-refractivity contribution in [1.29, 1.82) is 0 Å². The van der Waals surface area contributed by atoms with Gasteiger partial charge >= 0.3 is 0 Å². The third-order valence-corrected chi connectivity index (χ3v) is 4.59. The number of ether oxygens (including phenoxy) is 1. The lowest BCUT2D eigenvalue weighted by Crippen LogP contribution is -2.36. The lowest BCUT2D eigenvalue weighted by molar-refractivity contribution is -0.0382. The Morgan fingerprint density at radius 2 is 1.95 bits per heavy atom. The van der Waals surface area contributed by atoms with E-state index < -0.39 is 0 Å². The summed E-state index contributed by atoms with van der Waals surface area (Å²) in [6.45, 7) is 0.763. The van der Waals surface area contributed by atoms with Gasteiger partial charge in [-0.15, -0.1) is 0 Å². The van der Waals surface area contributed by atoms with Crippen LogP contribution >= 0.6 is 0 Å². The molecule has 0 aliphatic carbocycles. The van der Waals surface area contributed by atoms with Crippen LogP contribution < -0.4 is 5.32 Å². The minimum absolute atomic E-state index is 0.00379. The van der Waals surface area contributed by atoms with Crippen LogP contribution in [0.25, 0.3) is 0 Å². The first kappa shape index (κ1) is 12.8. The monoisotopic (exact) mass is 283 g/mol. The first-order chi connectivity index (χ1) is 10.3. The number of hydrogen-bond acceptors (Lipinski definition) is 2. The van der Waals surface area contributed by atoms with Crippen LogP contribution in [0.4, 0.5) is 10.1 Å². The van der Waals surface area contributed by atoms with E-state index in [1.54, 1.807) is 6.07 Å². The highest BCUT2D eigenvalue weighted by atomic mass is 19.1. The normalized spacial score (nSPS) is 27.4. The second-order valence-electron chi connectivity index (χ2n) is 5.86. The summed E-state index contributed by atoms with van der Waals surface area (Å²) in [5.41, 5.74) is 3.23. The van der Waals surface area contributed by atoms with Crippen molar-refractivity contribution < 1.29 is 9.13 Å². The van der Waals surface area contributed by atoms with Gasteiger partial charge in [0.05, 0.1) is 12.1 Å². The van der Waals surface area contributed by atoms with Gasteiger partial charge in [-0.2, -0.15) is 0 Å². The molecule has 0 bridgehead atoms. The molecule has 1 fully saturated rings. The molecule has 0 radical (unpaired) electrons. The predicted molar refractivity (Wildman–Crippen MR) is 80.6 cm³/mol. The van der Waals surface area contributed by atoms with Gasteiger partial charge in [-0.05, 0) is 36.6 Å². The van der Waals surface area contributed by atoms with Crippen molar-refractivity contribution in [2.45, 2.75) is 25.0 Å². The Kier molecular flexibility index (Phi) is 3.15. The average Bonchev–Trinajstić information content (AvgIpc) is 2.55. The third kappa shape index (κ3) is 2.22. The highest BCUT2D eigenvalue weighted by molar-refractivity contribution is 5.57. The summed E-state index contributed by atoms with van der Waals surface area (Å²) in [6.07, 6.45) is 2.17. The Labute approximate surface area is 123 Å². The van der Waals surface area contributed by atoms with Gasteiger partial charge in [-0.25, -0.2) is 4.39 Å². The minimum atomic E-state index is -0.193. The lowest BCUT2D eigenvalue weighted by Gasteiger charge is -2.43. The van der Waals surface area contributed by atoms with Crippen LogP contribution in [0.3, 0.4) is 0 Å². The molecule has 0 saturated carbocycles. The summed E-state index contributed by atoms with van der Waals surface area (Å²) in [5.74, 6) is 0.164. The van der Waals surface area contributed by atoms with Crippen LogP contribution in [-0.2, 0) is 4.74 Å². The summed E-state index contributed by atoms with van der Waals surface area (Å²) in [5, 5.41) is 3.59. The maximum absolute atomic E-state index is 13.6. The molecule has 3 heteroatoms. The Morgan fingerprint density at radius 3 is 2.81 bits per heavy atom. The number of rotatable bonds is 1. The smallest absolute Gasteiger partial charge is 0.123 e. The maximum Gasteiger partial charge on any atom is 0.123 e. The molecular weight excluding hydrogens is 265 g/mol. The van der Waals surface area contributed by atoms with Crippen LogP contribution in [0.1, 0.15) is 36.1 Å². The average molecular weight is 283 g/mol. The molecular formula is C18H18FNO. The standard InChI is InChI=1S/C18H18FNO/c19-13-8-9-16-15(11-13)18-14(7-4-10-21-18)17(20-16)12-5-2-1-3-6-12/h1-3,5-6,8-9,11,14,17-18,20H,4,7,10H2/t14?,17-,18?/m0/s1. The molecule has 2 aromatic carbocycles. The summed E-state index contributed by atoms with van der Waals surface area (Å²) in [6, 6.07) is 15.7.